The van der Waals surface area contributed by atoms with Crippen LogP contribution in [0.1, 0.15) is 20.7 Å². The number of hydrogen-bond donors (Lipinski definition) is 1. The third-order valence-electron chi connectivity index (χ3n) is 2.79. The molecule has 0 aliphatic carbocycles. The summed E-state index contributed by atoms with van der Waals surface area (Å²) in [6.07, 6.45) is 1.49. The lowest BCUT2D eigenvalue weighted by Gasteiger charge is -2.11. The van der Waals surface area contributed by atoms with Crippen molar-refractivity contribution in [2.24, 2.45) is 0 Å². The number of halogens is 1. The van der Waals surface area contributed by atoms with Crippen molar-refractivity contribution in [3.05, 3.63) is 58.3 Å². The van der Waals surface area contributed by atoms with E-state index in [9.17, 15) is 9.59 Å². The van der Waals surface area contributed by atoms with Crippen LogP contribution in [0.4, 0.5) is 5.69 Å². The Kier molecular flexibility index (Phi) is 4.70. The van der Waals surface area contributed by atoms with E-state index in [1.54, 1.807) is 50.5 Å². The molecule has 6 heteroatoms. The fraction of sp³-hybridized carbons (Fsp3) is 0.133. The first-order chi connectivity index (χ1) is 9.97. The molecule has 0 aliphatic heterocycles. The number of carbonyl (C=O) groups is 2. The van der Waals surface area contributed by atoms with Crippen molar-refractivity contribution in [3.63, 3.8) is 0 Å². The predicted octanol–water partition coefficient (Wildman–Crippen LogP) is 2.80. The second-order valence-corrected chi connectivity index (χ2v) is 5.41. The molecule has 0 saturated heterocycles. The van der Waals surface area contributed by atoms with Crippen LogP contribution in [0.15, 0.2) is 47.2 Å². The maximum Gasteiger partial charge on any atom is 0.257 e. The summed E-state index contributed by atoms with van der Waals surface area (Å²) < 4.78 is 0.672. The fourth-order valence-corrected chi connectivity index (χ4v) is 1.90. The average molecular weight is 348 g/mol. The number of anilines is 1. The Morgan fingerprint density at radius 2 is 1.67 bits per heavy atom. The van der Waals surface area contributed by atoms with E-state index < -0.39 is 0 Å². The highest BCUT2D eigenvalue weighted by Gasteiger charge is 2.09. The van der Waals surface area contributed by atoms with E-state index in [0.29, 0.717) is 21.4 Å². The summed E-state index contributed by atoms with van der Waals surface area (Å²) in [5.41, 5.74) is 1.66. The number of hydrogen-bond acceptors (Lipinski definition) is 3. The van der Waals surface area contributed by atoms with Gasteiger partial charge in [-0.2, -0.15) is 0 Å². The number of nitrogens with one attached hydrogen (secondary N) is 1. The summed E-state index contributed by atoms with van der Waals surface area (Å²) in [6, 6.07) is 10.1. The second kappa shape index (κ2) is 6.49. The number of pyridine rings is 1. The zero-order valence-corrected chi connectivity index (χ0v) is 13.2. The van der Waals surface area contributed by atoms with Gasteiger partial charge in [0.2, 0.25) is 0 Å². The molecular formula is C15H14BrN3O2. The van der Waals surface area contributed by atoms with Crippen LogP contribution in [0, 0.1) is 0 Å². The molecule has 2 rings (SSSR count). The highest BCUT2D eigenvalue weighted by Crippen LogP contribution is 2.13. The van der Waals surface area contributed by atoms with Crippen molar-refractivity contribution in [2.75, 3.05) is 19.4 Å². The number of rotatable bonds is 3. The van der Waals surface area contributed by atoms with E-state index in [4.69, 9.17) is 0 Å². The number of benzene rings is 1. The predicted molar refractivity (Wildman–Crippen MR) is 84.3 cm³/mol. The Balaban J connectivity index is 2.08. The van der Waals surface area contributed by atoms with Gasteiger partial charge in [0.15, 0.2) is 0 Å². The van der Waals surface area contributed by atoms with Crippen LogP contribution in [-0.4, -0.2) is 35.8 Å². The molecule has 2 amide bonds. The molecule has 0 spiro atoms. The van der Waals surface area contributed by atoms with E-state index in [0.717, 1.165) is 0 Å². The van der Waals surface area contributed by atoms with Gasteiger partial charge in [-0.25, -0.2) is 4.98 Å². The molecule has 0 atom stereocenters. The van der Waals surface area contributed by atoms with Gasteiger partial charge in [0.05, 0.1) is 5.56 Å². The highest BCUT2D eigenvalue weighted by molar-refractivity contribution is 9.10. The van der Waals surface area contributed by atoms with Crippen molar-refractivity contribution in [1.82, 2.24) is 9.88 Å². The maximum absolute atomic E-state index is 12.0. The molecule has 0 fully saturated rings. The minimum absolute atomic E-state index is 0.0787. The van der Waals surface area contributed by atoms with Crippen LogP contribution in [0.3, 0.4) is 0 Å². The number of amides is 2. The molecule has 0 bridgehead atoms. The first-order valence-electron chi connectivity index (χ1n) is 6.22. The third-order valence-corrected chi connectivity index (χ3v) is 3.25. The zero-order chi connectivity index (χ0) is 15.4. The highest BCUT2D eigenvalue weighted by atomic mass is 79.9. The Bertz CT molecular complexity index is 652. The average Bonchev–Trinajstić information content (AvgIpc) is 2.47. The number of carbonyl (C=O) groups excluding carboxylic acids is 2. The van der Waals surface area contributed by atoms with Gasteiger partial charge in [0.25, 0.3) is 11.8 Å². The minimum atomic E-state index is -0.248. The zero-order valence-electron chi connectivity index (χ0n) is 11.6. The van der Waals surface area contributed by atoms with Crippen LogP contribution >= 0.6 is 15.9 Å². The number of aromatic nitrogens is 1. The standard InChI is InChI=1S/C15H14BrN3O2/c1-19(2)15(21)10-3-6-12(7-4-10)18-14(20)11-5-8-13(16)17-9-11/h3-9H,1-2H3,(H,18,20). The van der Waals surface area contributed by atoms with E-state index in [2.05, 4.69) is 26.2 Å². The summed E-state index contributed by atoms with van der Waals surface area (Å²) >= 11 is 3.22. The topological polar surface area (TPSA) is 62.3 Å². The summed E-state index contributed by atoms with van der Waals surface area (Å²) in [5, 5.41) is 2.75. The van der Waals surface area contributed by atoms with E-state index in [1.165, 1.54) is 11.1 Å². The Hall–Kier alpha value is -2.21. The van der Waals surface area contributed by atoms with Crippen LogP contribution in [0.25, 0.3) is 0 Å². The van der Waals surface area contributed by atoms with Gasteiger partial charge < -0.3 is 10.2 Å². The van der Waals surface area contributed by atoms with Gasteiger partial charge in [-0.05, 0) is 52.3 Å². The molecule has 5 nitrogen and oxygen atoms in total. The largest absolute Gasteiger partial charge is 0.345 e. The van der Waals surface area contributed by atoms with Crippen LogP contribution < -0.4 is 5.32 Å². The normalized spacial score (nSPS) is 10.0. The van der Waals surface area contributed by atoms with E-state index in [-0.39, 0.29) is 11.8 Å². The smallest absolute Gasteiger partial charge is 0.257 e. The maximum atomic E-state index is 12.0. The van der Waals surface area contributed by atoms with Gasteiger partial charge >= 0.3 is 0 Å². The van der Waals surface area contributed by atoms with Crippen molar-refractivity contribution in [2.45, 2.75) is 0 Å². The quantitative estimate of drug-likeness (QED) is 0.868. The Labute approximate surface area is 131 Å². The molecule has 108 valence electrons. The molecular weight excluding hydrogens is 334 g/mol. The van der Waals surface area contributed by atoms with Crippen molar-refractivity contribution >= 4 is 33.4 Å². The molecule has 2 aromatic rings. The Morgan fingerprint density at radius 1 is 1.05 bits per heavy atom. The lowest BCUT2D eigenvalue weighted by Crippen LogP contribution is -2.21. The third kappa shape index (κ3) is 3.88. The van der Waals surface area contributed by atoms with Crippen molar-refractivity contribution in [1.29, 1.82) is 0 Å². The van der Waals surface area contributed by atoms with Crippen LogP contribution in [-0.2, 0) is 0 Å². The summed E-state index contributed by atoms with van der Waals surface area (Å²) in [7, 11) is 3.39. The van der Waals surface area contributed by atoms with Crippen molar-refractivity contribution in [3.8, 4) is 0 Å². The minimum Gasteiger partial charge on any atom is -0.345 e. The monoisotopic (exact) mass is 347 g/mol. The van der Waals surface area contributed by atoms with Crippen LogP contribution in [0.2, 0.25) is 0 Å². The molecule has 0 radical (unpaired) electrons. The Morgan fingerprint density at radius 3 is 2.19 bits per heavy atom. The van der Waals surface area contributed by atoms with E-state index >= 15 is 0 Å². The van der Waals surface area contributed by atoms with Gasteiger partial charge in [0.1, 0.15) is 4.60 Å². The molecule has 21 heavy (non-hydrogen) atoms. The first kappa shape index (κ1) is 15.2. The molecule has 1 heterocycles. The summed E-state index contributed by atoms with van der Waals surface area (Å²) in [6.45, 7) is 0. The lowest BCUT2D eigenvalue weighted by molar-refractivity contribution is 0.0827. The van der Waals surface area contributed by atoms with E-state index in [1.807, 2.05) is 0 Å². The fourth-order valence-electron chi connectivity index (χ4n) is 1.67. The SMILES string of the molecule is CN(C)C(=O)c1ccc(NC(=O)c2ccc(Br)nc2)cc1. The molecule has 1 aromatic heterocycles. The van der Waals surface area contributed by atoms with Gasteiger partial charge in [-0.3, -0.25) is 9.59 Å². The van der Waals surface area contributed by atoms with Gasteiger partial charge in [-0.15, -0.1) is 0 Å². The molecule has 0 aliphatic rings. The van der Waals surface area contributed by atoms with Crippen molar-refractivity contribution < 1.29 is 9.59 Å². The molecule has 0 unspecified atom stereocenters. The second-order valence-electron chi connectivity index (χ2n) is 4.60. The lowest BCUT2D eigenvalue weighted by atomic mass is 10.2. The number of nitrogens with zero attached hydrogens (tertiary/aromatic N) is 2. The van der Waals surface area contributed by atoms with Gasteiger partial charge in [0, 0.05) is 31.5 Å². The molecule has 1 N–H and O–H groups in total. The summed E-state index contributed by atoms with van der Waals surface area (Å²) in [4.78, 5) is 29.3. The summed E-state index contributed by atoms with van der Waals surface area (Å²) in [5.74, 6) is -0.327. The van der Waals surface area contributed by atoms with Crippen LogP contribution in [0.5, 0.6) is 0 Å². The first-order valence-corrected chi connectivity index (χ1v) is 7.01. The molecule has 0 saturated carbocycles. The van der Waals surface area contributed by atoms with Gasteiger partial charge in [-0.1, -0.05) is 0 Å². The molecule has 1 aromatic carbocycles.